The minimum absolute atomic E-state index is 0.0812. The fraction of sp³-hybridized carbons (Fsp3) is 0.500. The Labute approximate surface area is 110 Å². The van der Waals surface area contributed by atoms with Crippen molar-refractivity contribution in [2.75, 3.05) is 11.9 Å². The van der Waals surface area contributed by atoms with E-state index in [2.05, 4.69) is 5.32 Å². The van der Waals surface area contributed by atoms with E-state index in [1.165, 1.54) is 18.2 Å². The van der Waals surface area contributed by atoms with Gasteiger partial charge in [-0.25, -0.2) is 8.42 Å². The number of benzene rings is 1. The van der Waals surface area contributed by atoms with Gasteiger partial charge in [0.05, 0.1) is 10.6 Å². The zero-order valence-corrected chi connectivity index (χ0v) is 11.0. The monoisotopic (exact) mass is 290 g/mol. The van der Waals surface area contributed by atoms with Crippen LogP contribution in [0.15, 0.2) is 29.2 Å². The second-order valence-electron chi connectivity index (χ2n) is 4.68. The second-order valence-corrected chi connectivity index (χ2v) is 6.57. The fourth-order valence-corrected chi connectivity index (χ4v) is 2.78. The van der Waals surface area contributed by atoms with Gasteiger partial charge in [0.1, 0.15) is 0 Å². The number of hydrogen-bond donors (Lipinski definition) is 2. The topological polar surface area (TPSA) is 72.2 Å². The zero-order chi connectivity index (χ0) is 14.0. The van der Waals surface area contributed by atoms with E-state index >= 15 is 0 Å². The van der Waals surface area contributed by atoms with Crippen molar-refractivity contribution in [1.82, 2.24) is 0 Å². The molecule has 106 valence electrons. The predicted octanol–water partition coefficient (Wildman–Crippen LogP) is 1.83. The maximum absolute atomic E-state index is 12.6. The van der Waals surface area contributed by atoms with Crippen LogP contribution in [0, 0.1) is 5.92 Å². The minimum atomic E-state index is -4.60. The molecule has 7 heteroatoms. The van der Waals surface area contributed by atoms with Crippen LogP contribution in [0.1, 0.15) is 12.8 Å². The van der Waals surface area contributed by atoms with Gasteiger partial charge in [-0.2, -0.15) is 8.78 Å². The van der Waals surface area contributed by atoms with E-state index < -0.39 is 15.6 Å². The highest BCUT2D eigenvalue weighted by Crippen LogP contribution is 2.32. The lowest BCUT2D eigenvalue weighted by Crippen LogP contribution is -2.31. The van der Waals surface area contributed by atoms with Gasteiger partial charge in [0.15, 0.2) is 0 Å². The molecule has 1 fully saturated rings. The highest BCUT2D eigenvalue weighted by molar-refractivity contribution is 7.91. The molecule has 1 aromatic rings. The van der Waals surface area contributed by atoms with Crippen molar-refractivity contribution in [3.05, 3.63) is 24.3 Å². The maximum atomic E-state index is 12.6. The van der Waals surface area contributed by atoms with Gasteiger partial charge in [0.25, 0.3) is 0 Å². The highest BCUT2D eigenvalue weighted by Gasteiger charge is 2.30. The van der Waals surface area contributed by atoms with Crippen molar-refractivity contribution in [2.45, 2.75) is 29.5 Å². The van der Waals surface area contributed by atoms with Crippen LogP contribution in [0.4, 0.5) is 14.5 Å². The van der Waals surface area contributed by atoms with Crippen LogP contribution in [0.3, 0.4) is 0 Å². The molecule has 3 N–H and O–H groups in total. The van der Waals surface area contributed by atoms with Crippen LogP contribution in [-0.2, 0) is 9.84 Å². The van der Waals surface area contributed by atoms with Crippen LogP contribution in [0.2, 0.25) is 0 Å². The van der Waals surface area contributed by atoms with E-state index in [0.29, 0.717) is 12.5 Å². The molecule has 0 aromatic heterocycles. The van der Waals surface area contributed by atoms with E-state index in [-0.39, 0.29) is 16.6 Å². The molecule has 1 aromatic carbocycles. The van der Waals surface area contributed by atoms with Gasteiger partial charge in [0, 0.05) is 12.6 Å². The van der Waals surface area contributed by atoms with E-state index in [1.54, 1.807) is 6.07 Å². The summed E-state index contributed by atoms with van der Waals surface area (Å²) in [4.78, 5) is -0.381. The number of anilines is 1. The molecule has 1 saturated carbocycles. The van der Waals surface area contributed by atoms with E-state index in [9.17, 15) is 17.2 Å². The molecule has 1 unspecified atom stereocenters. The maximum Gasteiger partial charge on any atom is 0.341 e. The Morgan fingerprint density at radius 1 is 1.32 bits per heavy atom. The molecule has 4 nitrogen and oxygen atoms in total. The molecule has 1 aliphatic carbocycles. The third kappa shape index (κ3) is 3.22. The summed E-state index contributed by atoms with van der Waals surface area (Å²) in [5, 5.41) is 2.86. The predicted molar refractivity (Wildman–Crippen MR) is 68.8 cm³/mol. The molecule has 0 aliphatic heterocycles. The number of rotatable bonds is 6. The first-order chi connectivity index (χ1) is 8.93. The number of nitrogens with two attached hydrogens (primary N) is 1. The van der Waals surface area contributed by atoms with Gasteiger partial charge in [-0.05, 0) is 30.9 Å². The first-order valence-corrected chi connectivity index (χ1v) is 7.58. The van der Waals surface area contributed by atoms with E-state index in [4.69, 9.17) is 5.73 Å². The molecule has 0 spiro atoms. The molecule has 0 bridgehead atoms. The van der Waals surface area contributed by atoms with Crippen molar-refractivity contribution >= 4 is 15.5 Å². The van der Waals surface area contributed by atoms with Gasteiger partial charge in [0.2, 0.25) is 9.84 Å². The van der Waals surface area contributed by atoms with Gasteiger partial charge in [-0.3, -0.25) is 0 Å². The SMILES string of the molecule is NC(CNc1ccccc1S(=O)(=O)C(F)F)C1CC1. The summed E-state index contributed by atoms with van der Waals surface area (Å²) >= 11 is 0. The average molecular weight is 290 g/mol. The summed E-state index contributed by atoms with van der Waals surface area (Å²) in [5.41, 5.74) is 6.07. The summed E-state index contributed by atoms with van der Waals surface area (Å²) in [6.07, 6.45) is 2.14. The Morgan fingerprint density at radius 2 is 1.95 bits per heavy atom. The summed E-state index contributed by atoms with van der Waals surface area (Å²) in [5.74, 6) is -2.97. The molecule has 19 heavy (non-hydrogen) atoms. The molecule has 1 atom stereocenters. The molecule has 0 heterocycles. The Kier molecular flexibility index (Phi) is 4.05. The second kappa shape index (κ2) is 5.42. The summed E-state index contributed by atoms with van der Waals surface area (Å²) in [6, 6.07) is 5.57. The number of hydrogen-bond acceptors (Lipinski definition) is 4. The van der Waals surface area contributed by atoms with Gasteiger partial charge in [-0.1, -0.05) is 12.1 Å². The Hall–Kier alpha value is -1.21. The molecule has 0 saturated heterocycles. The van der Waals surface area contributed by atoms with Crippen LogP contribution in [0.25, 0.3) is 0 Å². The third-order valence-electron chi connectivity index (χ3n) is 3.18. The molecular formula is C12H16F2N2O2S. The van der Waals surface area contributed by atoms with Crippen LogP contribution in [-0.4, -0.2) is 26.8 Å². The summed E-state index contributed by atoms with van der Waals surface area (Å²) < 4.78 is 48.2. The number of alkyl halides is 2. The smallest absolute Gasteiger partial charge is 0.341 e. The minimum Gasteiger partial charge on any atom is -0.382 e. The van der Waals surface area contributed by atoms with Gasteiger partial charge in [-0.15, -0.1) is 0 Å². The molecule has 0 radical (unpaired) electrons. The summed E-state index contributed by atoms with van der Waals surface area (Å²) in [7, 11) is -4.60. The Morgan fingerprint density at radius 3 is 2.53 bits per heavy atom. The quantitative estimate of drug-likeness (QED) is 0.838. The normalized spacial score (nSPS) is 17.5. The zero-order valence-electron chi connectivity index (χ0n) is 10.2. The number of para-hydroxylation sites is 1. The lowest BCUT2D eigenvalue weighted by Gasteiger charge is -2.15. The van der Waals surface area contributed by atoms with Crippen LogP contribution < -0.4 is 11.1 Å². The van der Waals surface area contributed by atoms with Crippen molar-refractivity contribution in [1.29, 1.82) is 0 Å². The fourth-order valence-electron chi connectivity index (χ4n) is 1.88. The first kappa shape index (κ1) is 14.2. The Balaban J connectivity index is 2.16. The van der Waals surface area contributed by atoms with Crippen molar-refractivity contribution in [2.24, 2.45) is 11.7 Å². The Bertz CT molecular complexity index is 544. The number of sulfone groups is 1. The van der Waals surface area contributed by atoms with Crippen LogP contribution in [0.5, 0.6) is 0 Å². The van der Waals surface area contributed by atoms with E-state index in [0.717, 1.165) is 12.8 Å². The number of nitrogens with one attached hydrogen (secondary N) is 1. The van der Waals surface area contributed by atoms with Crippen molar-refractivity contribution in [3.8, 4) is 0 Å². The lowest BCUT2D eigenvalue weighted by molar-refractivity contribution is 0.235. The first-order valence-electron chi connectivity index (χ1n) is 6.03. The highest BCUT2D eigenvalue weighted by atomic mass is 32.2. The molecule has 1 aliphatic rings. The van der Waals surface area contributed by atoms with Crippen molar-refractivity contribution < 1.29 is 17.2 Å². The molecule has 0 amide bonds. The molecular weight excluding hydrogens is 274 g/mol. The van der Waals surface area contributed by atoms with Crippen molar-refractivity contribution in [3.63, 3.8) is 0 Å². The average Bonchev–Trinajstić information content (AvgIpc) is 3.20. The van der Waals surface area contributed by atoms with Crippen LogP contribution >= 0.6 is 0 Å². The standard InChI is InChI=1S/C12H16F2N2O2S/c13-12(14)19(17,18)11-4-2-1-3-10(11)16-7-9(15)8-5-6-8/h1-4,8-9,12,16H,5-7,15H2. The molecule has 2 rings (SSSR count). The summed E-state index contributed by atoms with van der Waals surface area (Å²) in [6.45, 7) is 0.375. The number of halogens is 2. The van der Waals surface area contributed by atoms with Gasteiger partial charge >= 0.3 is 5.76 Å². The van der Waals surface area contributed by atoms with E-state index in [1.807, 2.05) is 0 Å². The van der Waals surface area contributed by atoms with Gasteiger partial charge < -0.3 is 11.1 Å². The third-order valence-corrected chi connectivity index (χ3v) is 4.62. The largest absolute Gasteiger partial charge is 0.382 e. The lowest BCUT2D eigenvalue weighted by atomic mass is 10.2.